The van der Waals surface area contributed by atoms with Crippen LogP contribution in [0.3, 0.4) is 0 Å². The summed E-state index contributed by atoms with van der Waals surface area (Å²) >= 11 is 0. The topological polar surface area (TPSA) is 76.8 Å². The minimum atomic E-state index is 0.0252. The highest BCUT2D eigenvalue weighted by atomic mass is 16.5. The zero-order valence-corrected chi connectivity index (χ0v) is 16.4. The molecule has 0 radical (unpaired) electrons. The second-order valence-corrected chi connectivity index (χ2v) is 7.72. The van der Waals surface area contributed by atoms with Gasteiger partial charge in [0.2, 0.25) is 5.91 Å². The van der Waals surface area contributed by atoms with Crippen LogP contribution in [-0.4, -0.2) is 62.8 Å². The predicted octanol–water partition coefficient (Wildman–Crippen LogP) is 1.57. The van der Waals surface area contributed by atoms with Crippen molar-refractivity contribution < 1.29 is 14.3 Å². The van der Waals surface area contributed by atoms with Gasteiger partial charge in [-0.3, -0.25) is 9.69 Å². The highest BCUT2D eigenvalue weighted by molar-refractivity contribution is 5.78. The Balaban J connectivity index is 1.49. The van der Waals surface area contributed by atoms with E-state index in [1.54, 1.807) is 7.11 Å². The molecule has 6 nitrogen and oxygen atoms in total. The Hall–Kier alpha value is -1.63. The van der Waals surface area contributed by atoms with Crippen molar-refractivity contribution in [2.75, 3.05) is 40.0 Å². The number of hydrogen-bond donors (Lipinski definition) is 2. The normalized spacial score (nSPS) is 25.0. The quantitative estimate of drug-likeness (QED) is 0.789. The van der Waals surface area contributed by atoms with Gasteiger partial charge in [0, 0.05) is 44.9 Å². The van der Waals surface area contributed by atoms with Gasteiger partial charge in [-0.15, -0.1) is 0 Å². The predicted molar refractivity (Wildman–Crippen MR) is 106 cm³/mol. The number of benzene rings is 1. The van der Waals surface area contributed by atoms with Crippen molar-refractivity contribution in [1.82, 2.24) is 10.2 Å². The molecular formula is C21H33N3O3. The van der Waals surface area contributed by atoms with Crippen LogP contribution in [-0.2, 0) is 16.0 Å². The monoisotopic (exact) mass is 375 g/mol. The summed E-state index contributed by atoms with van der Waals surface area (Å²) in [5.74, 6) is 1.04. The molecule has 0 unspecified atom stereocenters. The van der Waals surface area contributed by atoms with Crippen molar-refractivity contribution in [2.45, 2.75) is 44.2 Å². The number of nitrogens with two attached hydrogens (primary N) is 1. The highest BCUT2D eigenvalue weighted by Crippen LogP contribution is 2.22. The molecule has 0 aromatic heterocycles. The van der Waals surface area contributed by atoms with Gasteiger partial charge in [-0.05, 0) is 49.8 Å². The van der Waals surface area contributed by atoms with Crippen molar-refractivity contribution in [3.63, 3.8) is 0 Å². The Kier molecular flexibility index (Phi) is 7.50. The SMILES string of the molecule is COc1ccc(CCNC(=O)[C@@H]2CC[C@H](N)CN(C3CCOCC3)C2)cc1. The first-order chi connectivity index (χ1) is 13.2. The van der Waals surface area contributed by atoms with Gasteiger partial charge in [0.25, 0.3) is 0 Å². The first-order valence-corrected chi connectivity index (χ1v) is 10.1. The largest absolute Gasteiger partial charge is 0.497 e. The lowest BCUT2D eigenvalue weighted by molar-refractivity contribution is -0.125. The fourth-order valence-electron chi connectivity index (χ4n) is 4.09. The number of nitrogens with one attached hydrogen (secondary N) is 1. The maximum absolute atomic E-state index is 12.8. The van der Waals surface area contributed by atoms with E-state index >= 15 is 0 Å². The van der Waals surface area contributed by atoms with Crippen LogP contribution in [0.4, 0.5) is 0 Å². The standard InChI is InChI=1S/C21H33N3O3/c1-26-20-6-2-16(3-7-20)8-11-23-21(25)17-4-5-18(22)15-24(14-17)19-9-12-27-13-10-19/h2-3,6-7,17-19H,4-5,8-15,22H2,1H3,(H,23,25)/t17-,18+/m1/s1. The molecule has 2 saturated heterocycles. The number of likely N-dealkylation sites (tertiary alicyclic amines) is 1. The van der Waals surface area contributed by atoms with Crippen LogP contribution >= 0.6 is 0 Å². The molecule has 27 heavy (non-hydrogen) atoms. The molecule has 2 aliphatic heterocycles. The summed E-state index contributed by atoms with van der Waals surface area (Å²) in [5.41, 5.74) is 7.48. The average molecular weight is 376 g/mol. The summed E-state index contributed by atoms with van der Waals surface area (Å²) in [6, 6.07) is 8.65. The number of carbonyl (C=O) groups excluding carboxylic acids is 1. The van der Waals surface area contributed by atoms with Crippen LogP contribution in [0.1, 0.15) is 31.2 Å². The van der Waals surface area contributed by atoms with Gasteiger partial charge in [0.1, 0.15) is 5.75 Å². The number of hydrogen-bond acceptors (Lipinski definition) is 5. The first kappa shape index (κ1) is 20.1. The molecule has 2 atom stereocenters. The number of nitrogens with zero attached hydrogens (tertiary/aromatic N) is 1. The van der Waals surface area contributed by atoms with Gasteiger partial charge in [-0.25, -0.2) is 0 Å². The summed E-state index contributed by atoms with van der Waals surface area (Å²) in [5, 5.41) is 3.13. The Morgan fingerprint density at radius 2 is 1.93 bits per heavy atom. The van der Waals surface area contributed by atoms with E-state index in [9.17, 15) is 4.79 Å². The summed E-state index contributed by atoms with van der Waals surface area (Å²) in [4.78, 5) is 15.2. The van der Waals surface area contributed by atoms with Gasteiger partial charge in [0.05, 0.1) is 13.0 Å². The van der Waals surface area contributed by atoms with Gasteiger partial charge in [-0.2, -0.15) is 0 Å². The third-order valence-electron chi connectivity index (χ3n) is 5.76. The van der Waals surface area contributed by atoms with Crippen molar-refractivity contribution >= 4 is 5.91 Å². The van der Waals surface area contributed by atoms with E-state index in [0.717, 1.165) is 64.2 Å². The lowest BCUT2D eigenvalue weighted by Crippen LogP contribution is -2.47. The first-order valence-electron chi connectivity index (χ1n) is 10.1. The van der Waals surface area contributed by atoms with E-state index in [-0.39, 0.29) is 17.9 Å². The van der Waals surface area contributed by atoms with E-state index in [1.165, 1.54) is 5.56 Å². The van der Waals surface area contributed by atoms with Crippen molar-refractivity contribution in [3.05, 3.63) is 29.8 Å². The molecule has 2 fully saturated rings. The van der Waals surface area contributed by atoms with E-state index in [4.69, 9.17) is 15.2 Å². The number of ether oxygens (including phenoxy) is 2. The highest BCUT2D eigenvalue weighted by Gasteiger charge is 2.31. The van der Waals surface area contributed by atoms with Crippen LogP contribution in [0.15, 0.2) is 24.3 Å². The van der Waals surface area contributed by atoms with Crippen LogP contribution in [0.2, 0.25) is 0 Å². The third-order valence-corrected chi connectivity index (χ3v) is 5.76. The maximum atomic E-state index is 12.8. The minimum absolute atomic E-state index is 0.0252. The maximum Gasteiger partial charge on any atom is 0.224 e. The van der Waals surface area contributed by atoms with E-state index in [0.29, 0.717) is 12.6 Å². The molecule has 0 aliphatic carbocycles. The second-order valence-electron chi connectivity index (χ2n) is 7.72. The fourth-order valence-corrected chi connectivity index (χ4v) is 4.09. The van der Waals surface area contributed by atoms with Crippen LogP contribution < -0.4 is 15.8 Å². The molecule has 3 rings (SSSR count). The molecule has 150 valence electrons. The number of methoxy groups -OCH3 is 1. The van der Waals surface area contributed by atoms with Gasteiger partial charge < -0.3 is 20.5 Å². The Bertz CT molecular complexity index is 587. The molecule has 0 bridgehead atoms. The smallest absolute Gasteiger partial charge is 0.224 e. The molecule has 0 spiro atoms. The summed E-state index contributed by atoms with van der Waals surface area (Å²) < 4.78 is 10.7. The van der Waals surface area contributed by atoms with Crippen LogP contribution in [0.25, 0.3) is 0 Å². The van der Waals surface area contributed by atoms with E-state index in [2.05, 4.69) is 10.2 Å². The molecule has 3 N–H and O–H groups in total. The Labute approximate surface area is 162 Å². The summed E-state index contributed by atoms with van der Waals surface area (Å²) in [7, 11) is 1.66. The molecular weight excluding hydrogens is 342 g/mol. The fraction of sp³-hybridized carbons (Fsp3) is 0.667. The van der Waals surface area contributed by atoms with E-state index in [1.807, 2.05) is 24.3 Å². The van der Waals surface area contributed by atoms with Crippen molar-refractivity contribution in [1.29, 1.82) is 0 Å². The summed E-state index contributed by atoms with van der Waals surface area (Å²) in [6.45, 7) is 3.99. The van der Waals surface area contributed by atoms with Gasteiger partial charge >= 0.3 is 0 Å². The lowest BCUT2D eigenvalue weighted by Gasteiger charge is -2.35. The van der Waals surface area contributed by atoms with Crippen LogP contribution in [0, 0.1) is 5.92 Å². The Morgan fingerprint density at radius 1 is 1.19 bits per heavy atom. The molecule has 1 amide bonds. The number of rotatable bonds is 6. The molecule has 2 heterocycles. The van der Waals surface area contributed by atoms with Gasteiger partial charge in [-0.1, -0.05) is 12.1 Å². The number of carbonyl (C=O) groups is 1. The van der Waals surface area contributed by atoms with Crippen LogP contribution in [0.5, 0.6) is 5.75 Å². The second kappa shape index (κ2) is 10.1. The molecule has 1 aromatic carbocycles. The van der Waals surface area contributed by atoms with Gasteiger partial charge in [0.15, 0.2) is 0 Å². The minimum Gasteiger partial charge on any atom is -0.497 e. The molecule has 1 aromatic rings. The average Bonchev–Trinajstić information content (AvgIpc) is 2.91. The van der Waals surface area contributed by atoms with E-state index < -0.39 is 0 Å². The lowest BCUT2D eigenvalue weighted by atomic mass is 10.0. The summed E-state index contributed by atoms with van der Waals surface area (Å²) in [6.07, 6.45) is 4.69. The molecule has 6 heteroatoms. The Morgan fingerprint density at radius 3 is 2.63 bits per heavy atom. The molecule has 2 aliphatic rings. The third kappa shape index (κ3) is 5.92. The zero-order valence-electron chi connectivity index (χ0n) is 16.4. The zero-order chi connectivity index (χ0) is 19.1. The van der Waals surface area contributed by atoms with Crippen molar-refractivity contribution in [2.24, 2.45) is 11.7 Å². The molecule has 0 saturated carbocycles. The van der Waals surface area contributed by atoms with Crippen molar-refractivity contribution in [3.8, 4) is 5.75 Å². The number of amides is 1.